The van der Waals surface area contributed by atoms with Gasteiger partial charge in [0.15, 0.2) is 18.1 Å². The third kappa shape index (κ3) is 6.55. The first kappa shape index (κ1) is 23.8. The van der Waals surface area contributed by atoms with Crippen LogP contribution in [-0.4, -0.2) is 55.6 Å². The summed E-state index contributed by atoms with van der Waals surface area (Å²) in [5.41, 5.74) is 4.34. The number of nitrogens with zero attached hydrogens (tertiary/aromatic N) is 2. The second kappa shape index (κ2) is 11.7. The molecule has 3 rings (SSSR count). The second-order valence-corrected chi connectivity index (χ2v) is 7.45. The van der Waals surface area contributed by atoms with Crippen LogP contribution in [0.2, 0.25) is 0 Å². The lowest BCUT2D eigenvalue weighted by molar-refractivity contribution is -0.136. The molecule has 1 aliphatic rings. The number of hydrazone groups is 1. The SMILES string of the molecule is CCc1ccccc1NC(=O)C(=O)N/N=C\c1ccc(OCC(=O)N2CCCC2)c(OC)c1. The summed E-state index contributed by atoms with van der Waals surface area (Å²) >= 11 is 0. The van der Waals surface area contributed by atoms with Crippen molar-refractivity contribution < 1.29 is 23.9 Å². The first-order valence-electron chi connectivity index (χ1n) is 10.8. The van der Waals surface area contributed by atoms with E-state index in [0.29, 0.717) is 22.7 Å². The standard InChI is InChI=1S/C24H28N4O5/c1-3-18-8-4-5-9-19(18)26-23(30)24(31)27-25-15-17-10-11-20(21(14-17)32-2)33-16-22(29)28-12-6-7-13-28/h4-5,8-11,14-15H,3,6-7,12-13,16H2,1-2H3,(H,26,30)(H,27,31)/b25-15-. The van der Waals surface area contributed by atoms with Crippen molar-refractivity contribution in [1.82, 2.24) is 10.3 Å². The molecule has 9 nitrogen and oxygen atoms in total. The highest BCUT2D eigenvalue weighted by atomic mass is 16.5. The number of carbonyl (C=O) groups is 3. The lowest BCUT2D eigenvalue weighted by Crippen LogP contribution is -2.32. The summed E-state index contributed by atoms with van der Waals surface area (Å²) in [6.45, 7) is 3.44. The Kier molecular flexibility index (Phi) is 8.40. The molecule has 1 aliphatic heterocycles. The first-order valence-corrected chi connectivity index (χ1v) is 10.8. The van der Waals surface area contributed by atoms with Gasteiger partial charge in [-0.2, -0.15) is 5.10 Å². The molecule has 0 aliphatic carbocycles. The van der Waals surface area contributed by atoms with Crippen LogP contribution in [0.5, 0.6) is 11.5 Å². The van der Waals surface area contributed by atoms with Crippen molar-refractivity contribution >= 4 is 29.6 Å². The van der Waals surface area contributed by atoms with Crippen molar-refractivity contribution in [3.63, 3.8) is 0 Å². The lowest BCUT2D eigenvalue weighted by atomic mass is 10.1. The summed E-state index contributed by atoms with van der Waals surface area (Å²) in [4.78, 5) is 38.1. The maximum Gasteiger partial charge on any atom is 0.329 e. The largest absolute Gasteiger partial charge is 0.493 e. The molecule has 0 saturated carbocycles. The molecule has 2 aromatic carbocycles. The van der Waals surface area contributed by atoms with Gasteiger partial charge in [0, 0.05) is 18.8 Å². The van der Waals surface area contributed by atoms with Gasteiger partial charge in [-0.3, -0.25) is 14.4 Å². The summed E-state index contributed by atoms with van der Waals surface area (Å²) in [6, 6.07) is 12.3. The van der Waals surface area contributed by atoms with Gasteiger partial charge >= 0.3 is 11.8 Å². The molecular formula is C24H28N4O5. The van der Waals surface area contributed by atoms with Gasteiger partial charge in [0.1, 0.15) is 0 Å². The number of methoxy groups -OCH3 is 1. The smallest absolute Gasteiger partial charge is 0.329 e. The van der Waals surface area contributed by atoms with Crippen molar-refractivity contribution in [3.8, 4) is 11.5 Å². The molecule has 1 fully saturated rings. The number of benzene rings is 2. The third-order valence-electron chi connectivity index (χ3n) is 5.23. The number of anilines is 1. The Morgan fingerprint density at radius 3 is 2.55 bits per heavy atom. The van der Waals surface area contributed by atoms with Crippen LogP contribution in [0.1, 0.15) is 30.9 Å². The molecule has 0 unspecified atom stereocenters. The van der Waals surface area contributed by atoms with Crippen LogP contribution in [0.25, 0.3) is 0 Å². The van der Waals surface area contributed by atoms with Crippen LogP contribution in [0.15, 0.2) is 47.6 Å². The summed E-state index contributed by atoms with van der Waals surface area (Å²) in [5, 5.41) is 6.42. The Bertz CT molecular complexity index is 1030. The number of ether oxygens (including phenoxy) is 2. The maximum absolute atomic E-state index is 12.2. The van der Waals surface area contributed by atoms with E-state index < -0.39 is 11.8 Å². The lowest BCUT2D eigenvalue weighted by Gasteiger charge is -2.16. The van der Waals surface area contributed by atoms with Crippen molar-refractivity contribution in [2.45, 2.75) is 26.2 Å². The quantitative estimate of drug-likeness (QED) is 0.363. The molecule has 3 amide bonds. The fraction of sp³-hybridized carbons (Fsp3) is 0.333. The van der Waals surface area contributed by atoms with Crippen molar-refractivity contribution in [2.75, 3.05) is 32.1 Å². The van der Waals surface area contributed by atoms with E-state index in [0.717, 1.165) is 37.9 Å². The molecule has 0 atom stereocenters. The average molecular weight is 453 g/mol. The molecule has 9 heteroatoms. The van der Waals surface area contributed by atoms with Gasteiger partial charge in [-0.25, -0.2) is 5.43 Å². The monoisotopic (exact) mass is 452 g/mol. The highest BCUT2D eigenvalue weighted by molar-refractivity contribution is 6.39. The number of para-hydroxylation sites is 1. The molecule has 2 aromatic rings. The topological polar surface area (TPSA) is 109 Å². The summed E-state index contributed by atoms with van der Waals surface area (Å²) < 4.78 is 11.0. The van der Waals surface area contributed by atoms with Gasteiger partial charge in [-0.05, 0) is 54.7 Å². The summed E-state index contributed by atoms with van der Waals surface area (Å²) in [5.74, 6) is -0.891. The van der Waals surface area contributed by atoms with Crippen LogP contribution >= 0.6 is 0 Å². The Labute approximate surface area is 192 Å². The number of aryl methyl sites for hydroxylation is 1. The molecule has 2 N–H and O–H groups in total. The number of rotatable bonds is 8. The number of amides is 3. The van der Waals surface area contributed by atoms with Crippen molar-refractivity contribution in [3.05, 3.63) is 53.6 Å². The number of hydrogen-bond donors (Lipinski definition) is 2. The molecule has 0 aromatic heterocycles. The molecule has 1 heterocycles. The van der Waals surface area contributed by atoms with Gasteiger partial charge in [0.25, 0.3) is 5.91 Å². The van der Waals surface area contributed by atoms with E-state index in [1.165, 1.54) is 13.3 Å². The minimum atomic E-state index is -0.885. The van der Waals surface area contributed by atoms with E-state index in [2.05, 4.69) is 15.8 Å². The van der Waals surface area contributed by atoms with Crippen molar-refractivity contribution in [1.29, 1.82) is 0 Å². The molecule has 0 radical (unpaired) electrons. The Morgan fingerprint density at radius 1 is 1.06 bits per heavy atom. The fourth-order valence-corrected chi connectivity index (χ4v) is 3.43. The number of nitrogens with one attached hydrogen (secondary N) is 2. The minimum absolute atomic E-state index is 0.0530. The summed E-state index contributed by atoms with van der Waals surface area (Å²) in [6.07, 6.45) is 4.15. The highest BCUT2D eigenvalue weighted by Gasteiger charge is 2.19. The van der Waals surface area contributed by atoms with Crippen LogP contribution in [-0.2, 0) is 20.8 Å². The maximum atomic E-state index is 12.2. The number of hydrogen-bond acceptors (Lipinski definition) is 6. The zero-order valence-corrected chi connectivity index (χ0v) is 18.8. The van der Waals surface area contributed by atoms with E-state index in [1.54, 1.807) is 35.2 Å². The van der Waals surface area contributed by atoms with E-state index in [9.17, 15) is 14.4 Å². The predicted molar refractivity (Wildman–Crippen MR) is 124 cm³/mol. The van der Waals surface area contributed by atoms with Crippen molar-refractivity contribution in [2.24, 2.45) is 5.10 Å². The second-order valence-electron chi connectivity index (χ2n) is 7.45. The van der Waals surface area contributed by atoms with Gasteiger partial charge in [0.2, 0.25) is 0 Å². The molecule has 0 bridgehead atoms. The van der Waals surface area contributed by atoms with Crippen LogP contribution in [0.4, 0.5) is 5.69 Å². The number of carbonyl (C=O) groups excluding carboxylic acids is 3. The zero-order valence-electron chi connectivity index (χ0n) is 18.8. The molecule has 0 spiro atoms. The zero-order chi connectivity index (χ0) is 23.6. The van der Waals surface area contributed by atoms with Crippen LogP contribution in [0, 0.1) is 0 Å². The minimum Gasteiger partial charge on any atom is -0.493 e. The predicted octanol–water partition coefficient (Wildman–Crippen LogP) is 2.35. The fourth-order valence-electron chi connectivity index (χ4n) is 3.43. The average Bonchev–Trinajstić information content (AvgIpc) is 3.38. The molecule has 33 heavy (non-hydrogen) atoms. The van der Waals surface area contributed by atoms with E-state index >= 15 is 0 Å². The van der Waals surface area contributed by atoms with E-state index in [1.807, 2.05) is 19.1 Å². The van der Waals surface area contributed by atoms with Gasteiger partial charge in [0.05, 0.1) is 13.3 Å². The number of likely N-dealkylation sites (tertiary alicyclic amines) is 1. The van der Waals surface area contributed by atoms with Gasteiger partial charge < -0.3 is 19.7 Å². The Morgan fingerprint density at radius 2 is 1.82 bits per heavy atom. The third-order valence-corrected chi connectivity index (χ3v) is 5.23. The van der Waals surface area contributed by atoms with E-state index in [4.69, 9.17) is 9.47 Å². The Balaban J connectivity index is 1.54. The van der Waals surface area contributed by atoms with Crippen LogP contribution in [0.3, 0.4) is 0 Å². The molecule has 1 saturated heterocycles. The Hall–Kier alpha value is -3.88. The van der Waals surface area contributed by atoms with Gasteiger partial charge in [-0.15, -0.1) is 0 Å². The van der Waals surface area contributed by atoms with E-state index in [-0.39, 0.29) is 12.5 Å². The van der Waals surface area contributed by atoms with Gasteiger partial charge in [-0.1, -0.05) is 25.1 Å². The molecule has 174 valence electrons. The normalized spacial score (nSPS) is 13.1. The summed E-state index contributed by atoms with van der Waals surface area (Å²) in [7, 11) is 1.49. The van der Waals surface area contributed by atoms with Crippen LogP contribution < -0.4 is 20.2 Å². The molecular weight excluding hydrogens is 424 g/mol. The highest BCUT2D eigenvalue weighted by Crippen LogP contribution is 2.27. The first-order chi connectivity index (χ1) is 16.0.